The summed E-state index contributed by atoms with van der Waals surface area (Å²) in [5.74, 6) is 0.764. The molecule has 0 aliphatic heterocycles. The fourth-order valence-corrected chi connectivity index (χ4v) is 2.53. The fourth-order valence-electron chi connectivity index (χ4n) is 2.53. The van der Waals surface area contributed by atoms with Gasteiger partial charge >= 0.3 is 0 Å². The molecule has 1 aromatic rings. The third kappa shape index (κ3) is 2.77. The van der Waals surface area contributed by atoms with Crippen molar-refractivity contribution in [3.63, 3.8) is 0 Å². The van der Waals surface area contributed by atoms with Crippen LogP contribution in [0.4, 0.5) is 0 Å². The Morgan fingerprint density at radius 3 is 2.45 bits per heavy atom. The smallest absolute Gasteiger partial charge is 0.126 e. The van der Waals surface area contributed by atoms with Gasteiger partial charge in [-0.05, 0) is 18.9 Å². The monoisotopic (exact) mass is 266 g/mol. The summed E-state index contributed by atoms with van der Waals surface area (Å²) >= 11 is 0. The molecule has 1 heteroatoms. The SMILES string of the molecule is CC.Cc1ccc(C2=CCC3C=CC=CC3=C2O)cc1. The van der Waals surface area contributed by atoms with Crippen LogP contribution in [0.3, 0.4) is 0 Å². The molecule has 1 aromatic carbocycles. The standard InChI is InChI=1S/C17H16O.C2H6/c1-12-6-8-14(9-7-12)16-11-10-13-4-2-3-5-15(13)17(16)18;1-2/h2-9,11,13,18H,10H2,1H3;1-2H3. The number of fused-ring (bicyclic) bond motifs is 1. The molecule has 0 saturated heterocycles. The van der Waals surface area contributed by atoms with Crippen LogP contribution in [0.5, 0.6) is 0 Å². The van der Waals surface area contributed by atoms with Crippen LogP contribution in [0, 0.1) is 12.8 Å². The Morgan fingerprint density at radius 1 is 1.05 bits per heavy atom. The lowest BCUT2D eigenvalue weighted by Gasteiger charge is -2.23. The van der Waals surface area contributed by atoms with Crippen LogP contribution in [0.15, 0.2) is 66.0 Å². The van der Waals surface area contributed by atoms with E-state index < -0.39 is 0 Å². The van der Waals surface area contributed by atoms with Gasteiger partial charge in [0.05, 0.1) is 0 Å². The van der Waals surface area contributed by atoms with Crippen LogP contribution < -0.4 is 0 Å². The molecule has 0 saturated carbocycles. The Kier molecular flexibility index (Phi) is 4.62. The number of aliphatic hydroxyl groups excluding tert-OH is 1. The van der Waals surface area contributed by atoms with E-state index in [0.717, 1.165) is 23.1 Å². The highest BCUT2D eigenvalue weighted by atomic mass is 16.3. The Labute approximate surface area is 121 Å². The van der Waals surface area contributed by atoms with Crippen molar-refractivity contribution in [2.75, 3.05) is 0 Å². The van der Waals surface area contributed by atoms with Gasteiger partial charge in [0.1, 0.15) is 5.76 Å². The van der Waals surface area contributed by atoms with Crippen molar-refractivity contribution in [1.29, 1.82) is 0 Å². The van der Waals surface area contributed by atoms with Gasteiger partial charge in [0.25, 0.3) is 0 Å². The highest BCUT2D eigenvalue weighted by Crippen LogP contribution is 2.36. The Bertz CT molecular complexity index is 583. The summed E-state index contributed by atoms with van der Waals surface area (Å²) in [4.78, 5) is 0. The van der Waals surface area contributed by atoms with Gasteiger partial charge in [0.15, 0.2) is 0 Å². The Balaban J connectivity index is 0.000000704. The van der Waals surface area contributed by atoms with E-state index in [1.54, 1.807) is 0 Å². The molecule has 3 rings (SSSR count). The molecule has 0 amide bonds. The maximum absolute atomic E-state index is 10.4. The summed E-state index contributed by atoms with van der Waals surface area (Å²) in [6.07, 6.45) is 11.3. The second-order valence-corrected chi connectivity index (χ2v) is 4.87. The van der Waals surface area contributed by atoms with E-state index in [0.29, 0.717) is 11.7 Å². The largest absolute Gasteiger partial charge is 0.507 e. The molecule has 1 atom stereocenters. The number of aryl methyl sites for hydroxylation is 1. The average molecular weight is 266 g/mol. The van der Waals surface area contributed by atoms with Gasteiger partial charge in [-0.15, -0.1) is 0 Å². The number of allylic oxidation sites excluding steroid dienone is 7. The molecule has 0 fully saturated rings. The van der Waals surface area contributed by atoms with Crippen molar-refractivity contribution in [3.8, 4) is 0 Å². The van der Waals surface area contributed by atoms with Crippen LogP contribution in [0.25, 0.3) is 5.57 Å². The van der Waals surface area contributed by atoms with Crippen molar-refractivity contribution < 1.29 is 5.11 Å². The van der Waals surface area contributed by atoms with E-state index in [-0.39, 0.29) is 0 Å². The second kappa shape index (κ2) is 6.42. The van der Waals surface area contributed by atoms with Crippen LogP contribution in [0.1, 0.15) is 31.4 Å². The first kappa shape index (κ1) is 14.4. The molecular weight excluding hydrogens is 244 g/mol. The van der Waals surface area contributed by atoms with E-state index in [2.05, 4.69) is 43.3 Å². The molecule has 2 aliphatic rings. The predicted octanol–water partition coefficient (Wildman–Crippen LogP) is 5.36. The maximum atomic E-state index is 10.4. The van der Waals surface area contributed by atoms with Crippen LogP contribution in [-0.2, 0) is 0 Å². The Hall–Kier alpha value is -2.02. The van der Waals surface area contributed by atoms with Crippen molar-refractivity contribution in [2.45, 2.75) is 27.2 Å². The summed E-state index contributed by atoms with van der Waals surface area (Å²) in [6.45, 7) is 6.07. The van der Waals surface area contributed by atoms with E-state index in [9.17, 15) is 5.11 Å². The fraction of sp³-hybridized carbons (Fsp3) is 0.263. The molecule has 20 heavy (non-hydrogen) atoms. The number of hydrogen-bond acceptors (Lipinski definition) is 1. The van der Waals surface area contributed by atoms with Crippen molar-refractivity contribution in [1.82, 2.24) is 0 Å². The van der Waals surface area contributed by atoms with Crippen molar-refractivity contribution >= 4 is 5.57 Å². The summed E-state index contributed by atoms with van der Waals surface area (Å²) < 4.78 is 0. The van der Waals surface area contributed by atoms with Crippen molar-refractivity contribution in [2.24, 2.45) is 5.92 Å². The summed E-state index contributed by atoms with van der Waals surface area (Å²) in [7, 11) is 0. The lowest BCUT2D eigenvalue weighted by atomic mass is 9.82. The summed E-state index contributed by atoms with van der Waals surface area (Å²) in [5, 5.41) is 10.4. The zero-order valence-electron chi connectivity index (χ0n) is 12.4. The first-order chi connectivity index (χ1) is 9.75. The van der Waals surface area contributed by atoms with Crippen molar-refractivity contribution in [3.05, 3.63) is 77.1 Å². The van der Waals surface area contributed by atoms with Gasteiger partial charge < -0.3 is 5.11 Å². The van der Waals surface area contributed by atoms with Crippen LogP contribution >= 0.6 is 0 Å². The average Bonchev–Trinajstić information content (AvgIpc) is 2.51. The van der Waals surface area contributed by atoms with Gasteiger partial charge in [0.2, 0.25) is 0 Å². The second-order valence-electron chi connectivity index (χ2n) is 4.87. The molecular formula is C19H22O. The van der Waals surface area contributed by atoms with E-state index in [1.807, 2.05) is 32.1 Å². The molecule has 2 aliphatic carbocycles. The highest BCUT2D eigenvalue weighted by Gasteiger charge is 2.22. The topological polar surface area (TPSA) is 20.2 Å². The predicted molar refractivity (Wildman–Crippen MR) is 86.5 cm³/mol. The number of aliphatic hydroxyl groups is 1. The molecule has 0 spiro atoms. The molecule has 0 heterocycles. The first-order valence-electron chi connectivity index (χ1n) is 7.31. The van der Waals surface area contributed by atoms with Gasteiger partial charge in [-0.2, -0.15) is 0 Å². The van der Waals surface area contributed by atoms with Crippen LogP contribution in [0.2, 0.25) is 0 Å². The molecule has 0 aromatic heterocycles. The zero-order valence-corrected chi connectivity index (χ0v) is 12.4. The minimum Gasteiger partial charge on any atom is -0.507 e. The minimum atomic E-state index is 0.337. The zero-order chi connectivity index (χ0) is 14.5. The number of benzene rings is 1. The lowest BCUT2D eigenvalue weighted by molar-refractivity contribution is 0.422. The molecule has 1 N–H and O–H groups in total. The third-order valence-electron chi connectivity index (χ3n) is 3.60. The van der Waals surface area contributed by atoms with Gasteiger partial charge in [-0.1, -0.05) is 74.1 Å². The van der Waals surface area contributed by atoms with E-state index in [1.165, 1.54) is 5.56 Å². The molecule has 1 unspecified atom stereocenters. The Morgan fingerprint density at radius 2 is 1.75 bits per heavy atom. The lowest BCUT2D eigenvalue weighted by Crippen LogP contribution is -2.10. The summed E-state index contributed by atoms with van der Waals surface area (Å²) in [5.41, 5.74) is 4.32. The normalized spacial score (nSPS) is 19.9. The maximum Gasteiger partial charge on any atom is 0.126 e. The summed E-state index contributed by atoms with van der Waals surface area (Å²) in [6, 6.07) is 8.30. The van der Waals surface area contributed by atoms with Gasteiger partial charge in [-0.3, -0.25) is 0 Å². The van der Waals surface area contributed by atoms with Crippen LogP contribution in [-0.4, -0.2) is 5.11 Å². The van der Waals surface area contributed by atoms with Gasteiger partial charge in [-0.25, -0.2) is 0 Å². The van der Waals surface area contributed by atoms with E-state index >= 15 is 0 Å². The minimum absolute atomic E-state index is 0.337. The van der Waals surface area contributed by atoms with E-state index in [4.69, 9.17) is 0 Å². The third-order valence-corrected chi connectivity index (χ3v) is 3.60. The molecule has 0 radical (unpaired) electrons. The number of rotatable bonds is 1. The molecule has 0 bridgehead atoms. The highest BCUT2D eigenvalue weighted by molar-refractivity contribution is 5.80. The molecule has 104 valence electrons. The quantitative estimate of drug-likeness (QED) is 0.725. The first-order valence-corrected chi connectivity index (χ1v) is 7.31. The molecule has 1 nitrogen and oxygen atoms in total. The van der Waals surface area contributed by atoms with Gasteiger partial charge in [0, 0.05) is 17.1 Å². The number of hydrogen-bond donors (Lipinski definition) is 1.